The van der Waals surface area contributed by atoms with Gasteiger partial charge in [-0.2, -0.15) is 8.78 Å². The van der Waals surface area contributed by atoms with Gasteiger partial charge in [0.25, 0.3) is 0 Å². The van der Waals surface area contributed by atoms with E-state index in [1.807, 2.05) is 0 Å². The molecule has 0 radical (unpaired) electrons. The first-order valence-electron chi connectivity index (χ1n) is 8.41. The highest BCUT2D eigenvalue weighted by atomic mass is 19.2. The first-order chi connectivity index (χ1) is 13.8. The predicted molar refractivity (Wildman–Crippen MR) is 95.7 cm³/mol. The number of pyridine rings is 1. The summed E-state index contributed by atoms with van der Waals surface area (Å²) in [5, 5.41) is 0. The van der Waals surface area contributed by atoms with Gasteiger partial charge in [0.05, 0.1) is 12.3 Å². The van der Waals surface area contributed by atoms with Crippen LogP contribution in [-0.2, 0) is 4.74 Å². The van der Waals surface area contributed by atoms with E-state index in [0.717, 1.165) is 18.2 Å². The third kappa shape index (κ3) is 4.26. The zero-order chi connectivity index (χ0) is 21.1. The maximum atomic E-state index is 14.4. The molecule has 0 atom stereocenters. The Morgan fingerprint density at radius 2 is 1.55 bits per heavy atom. The second kappa shape index (κ2) is 8.38. The number of ether oxygens (including phenoxy) is 1. The smallest absolute Gasteiger partial charge is 0.309 e. The summed E-state index contributed by atoms with van der Waals surface area (Å²) in [6.45, 7) is 1.39. The van der Waals surface area contributed by atoms with E-state index in [2.05, 4.69) is 9.72 Å². The Balaban J connectivity index is 1.92. The highest BCUT2D eigenvalue weighted by molar-refractivity contribution is 5.70. The Morgan fingerprint density at radius 1 is 0.862 bits per heavy atom. The minimum atomic E-state index is -1.59. The fraction of sp³-hybridized carbons (Fsp3) is 0.0952. The number of aromatic nitrogens is 1. The molecular weight excluding hydrogens is 396 g/mol. The fourth-order valence-electron chi connectivity index (χ4n) is 2.62. The number of rotatable bonds is 5. The van der Waals surface area contributed by atoms with Gasteiger partial charge in [0.2, 0.25) is 5.83 Å². The summed E-state index contributed by atoms with van der Waals surface area (Å²) >= 11 is 0. The van der Waals surface area contributed by atoms with Gasteiger partial charge in [-0.3, -0.25) is 4.98 Å². The summed E-state index contributed by atoms with van der Waals surface area (Å²) in [6.07, 6.45) is 1.24. The quantitative estimate of drug-likeness (QED) is 0.270. The molecule has 0 amide bonds. The van der Waals surface area contributed by atoms with Crippen molar-refractivity contribution in [1.82, 2.24) is 4.98 Å². The normalized spacial score (nSPS) is 12.0. The van der Waals surface area contributed by atoms with Crippen molar-refractivity contribution in [2.24, 2.45) is 0 Å². The van der Waals surface area contributed by atoms with Crippen molar-refractivity contribution in [3.05, 3.63) is 83.5 Å². The lowest BCUT2D eigenvalue weighted by Crippen LogP contribution is -1.94. The number of hydrogen-bond donors (Lipinski definition) is 0. The van der Waals surface area contributed by atoms with E-state index in [1.165, 1.54) is 37.4 Å². The molecule has 0 aliphatic carbocycles. The van der Waals surface area contributed by atoms with E-state index in [-0.39, 0.29) is 34.6 Å². The molecule has 0 saturated heterocycles. The van der Waals surface area contributed by atoms with Gasteiger partial charge in [-0.15, -0.1) is 0 Å². The van der Waals surface area contributed by atoms with Crippen molar-refractivity contribution >= 4 is 5.83 Å². The molecule has 3 aromatic rings. The third-order valence-corrected chi connectivity index (χ3v) is 4.02. The standard InChI is InChI=1S/C21H13F6NO/c1-2-29-21(27)19(25)11-3-5-14(15(22)7-11)12-4-6-18(28-10-12)13-8-16(23)20(26)17(24)9-13/h3-10H,2H2,1H3. The van der Waals surface area contributed by atoms with Gasteiger partial charge in [0.1, 0.15) is 5.82 Å². The molecule has 0 aliphatic rings. The molecule has 0 unspecified atom stereocenters. The van der Waals surface area contributed by atoms with Crippen LogP contribution in [0.3, 0.4) is 0 Å². The van der Waals surface area contributed by atoms with Crippen LogP contribution in [0.15, 0.2) is 54.7 Å². The van der Waals surface area contributed by atoms with Crippen LogP contribution in [0.4, 0.5) is 26.3 Å². The summed E-state index contributed by atoms with van der Waals surface area (Å²) in [4.78, 5) is 4.00. The monoisotopic (exact) mass is 409 g/mol. The largest absolute Gasteiger partial charge is 0.469 e. The van der Waals surface area contributed by atoms with Crippen LogP contribution >= 0.6 is 0 Å². The van der Waals surface area contributed by atoms with Crippen LogP contribution in [0.2, 0.25) is 0 Å². The molecule has 1 aromatic heterocycles. The molecule has 2 nitrogen and oxygen atoms in total. The van der Waals surface area contributed by atoms with E-state index < -0.39 is 35.1 Å². The van der Waals surface area contributed by atoms with Crippen molar-refractivity contribution in [2.75, 3.05) is 6.61 Å². The van der Waals surface area contributed by atoms with Gasteiger partial charge in [0, 0.05) is 28.5 Å². The lowest BCUT2D eigenvalue weighted by molar-refractivity contribution is 0.156. The molecule has 0 saturated carbocycles. The number of halogens is 6. The summed E-state index contributed by atoms with van der Waals surface area (Å²) in [5.41, 5.74) is 0.141. The summed E-state index contributed by atoms with van der Waals surface area (Å²) in [6, 6.07) is 6.14. The first kappa shape index (κ1) is 20.4. The molecule has 29 heavy (non-hydrogen) atoms. The molecule has 150 valence electrons. The van der Waals surface area contributed by atoms with Crippen LogP contribution in [0, 0.1) is 23.3 Å². The Morgan fingerprint density at radius 3 is 2.10 bits per heavy atom. The molecular formula is C21H13F6NO. The summed E-state index contributed by atoms with van der Waals surface area (Å²) in [7, 11) is 0. The SMILES string of the molecule is CCOC(F)=C(F)c1ccc(-c2ccc(-c3cc(F)c(F)c(F)c3)nc2)c(F)c1. The van der Waals surface area contributed by atoms with Crippen LogP contribution in [0.5, 0.6) is 0 Å². The van der Waals surface area contributed by atoms with Gasteiger partial charge in [-0.05, 0) is 31.2 Å². The number of hydrogen-bond acceptors (Lipinski definition) is 2. The first-order valence-corrected chi connectivity index (χ1v) is 8.41. The lowest BCUT2D eigenvalue weighted by Gasteiger charge is -2.08. The zero-order valence-corrected chi connectivity index (χ0v) is 14.9. The lowest BCUT2D eigenvalue weighted by atomic mass is 10.0. The molecule has 1 heterocycles. The number of benzene rings is 2. The second-order valence-corrected chi connectivity index (χ2v) is 5.90. The molecule has 0 spiro atoms. The van der Waals surface area contributed by atoms with E-state index in [9.17, 15) is 26.3 Å². The van der Waals surface area contributed by atoms with Crippen molar-refractivity contribution in [2.45, 2.75) is 6.92 Å². The second-order valence-electron chi connectivity index (χ2n) is 5.90. The van der Waals surface area contributed by atoms with Crippen LogP contribution < -0.4 is 0 Å². The van der Waals surface area contributed by atoms with Gasteiger partial charge in [-0.25, -0.2) is 17.6 Å². The molecule has 0 bridgehead atoms. The van der Waals surface area contributed by atoms with Crippen LogP contribution in [0.1, 0.15) is 12.5 Å². The van der Waals surface area contributed by atoms with E-state index >= 15 is 0 Å². The molecule has 3 rings (SSSR count). The number of nitrogens with zero attached hydrogens (tertiary/aromatic N) is 1. The molecule has 0 N–H and O–H groups in total. The average Bonchev–Trinajstić information content (AvgIpc) is 2.71. The fourth-order valence-corrected chi connectivity index (χ4v) is 2.62. The Hall–Kier alpha value is -3.29. The summed E-state index contributed by atoms with van der Waals surface area (Å²) < 4.78 is 85.9. The van der Waals surface area contributed by atoms with Gasteiger partial charge < -0.3 is 4.74 Å². The van der Waals surface area contributed by atoms with Gasteiger partial charge in [-0.1, -0.05) is 18.2 Å². The average molecular weight is 409 g/mol. The molecule has 0 fully saturated rings. The van der Waals surface area contributed by atoms with Crippen LogP contribution in [-0.4, -0.2) is 11.6 Å². The van der Waals surface area contributed by atoms with Crippen molar-refractivity contribution < 1.29 is 31.1 Å². The van der Waals surface area contributed by atoms with Gasteiger partial charge >= 0.3 is 6.01 Å². The maximum absolute atomic E-state index is 14.4. The van der Waals surface area contributed by atoms with E-state index in [4.69, 9.17) is 0 Å². The van der Waals surface area contributed by atoms with E-state index in [1.54, 1.807) is 0 Å². The summed E-state index contributed by atoms with van der Waals surface area (Å²) in [5.74, 6) is -6.47. The van der Waals surface area contributed by atoms with Crippen LogP contribution in [0.25, 0.3) is 28.2 Å². The highest BCUT2D eigenvalue weighted by Crippen LogP contribution is 2.30. The van der Waals surface area contributed by atoms with E-state index in [0.29, 0.717) is 0 Å². The maximum Gasteiger partial charge on any atom is 0.309 e. The third-order valence-electron chi connectivity index (χ3n) is 4.02. The van der Waals surface area contributed by atoms with Gasteiger partial charge in [0.15, 0.2) is 17.5 Å². The topological polar surface area (TPSA) is 22.1 Å². The van der Waals surface area contributed by atoms with Crippen molar-refractivity contribution in [1.29, 1.82) is 0 Å². The Kier molecular flexibility index (Phi) is 5.91. The predicted octanol–water partition coefficient (Wildman–Crippen LogP) is 6.57. The molecule has 0 aliphatic heterocycles. The van der Waals surface area contributed by atoms with Crippen molar-refractivity contribution in [3.63, 3.8) is 0 Å². The Labute approximate surface area is 162 Å². The van der Waals surface area contributed by atoms with Crippen molar-refractivity contribution in [3.8, 4) is 22.4 Å². The Bertz CT molecular complexity index is 1060. The molecule has 2 aromatic carbocycles. The minimum absolute atomic E-state index is 0.00220. The zero-order valence-electron chi connectivity index (χ0n) is 14.9. The molecule has 8 heteroatoms. The minimum Gasteiger partial charge on any atom is -0.469 e. The highest BCUT2D eigenvalue weighted by Gasteiger charge is 2.15.